The summed E-state index contributed by atoms with van der Waals surface area (Å²) in [4.78, 5) is 13.4. The van der Waals surface area contributed by atoms with Gasteiger partial charge >= 0.3 is 0 Å². The van der Waals surface area contributed by atoms with Crippen molar-refractivity contribution in [2.24, 2.45) is 23.2 Å². The highest BCUT2D eigenvalue weighted by molar-refractivity contribution is 6.69. The zero-order valence-corrected chi connectivity index (χ0v) is 20.6. The second kappa shape index (κ2) is 7.74. The highest BCUT2D eigenvalue weighted by Gasteiger charge is 2.54. The van der Waals surface area contributed by atoms with Gasteiger partial charge in [-0.2, -0.15) is 0 Å². The zero-order chi connectivity index (χ0) is 21.8. The Morgan fingerprint density at radius 3 is 2.48 bits per heavy atom. The van der Waals surface area contributed by atoms with E-state index >= 15 is 0 Å². The van der Waals surface area contributed by atoms with Crippen molar-refractivity contribution in [3.05, 3.63) is 22.8 Å². The molecule has 0 heterocycles. The number of carbonyl (C=O) groups excluding carboxylic acids is 1. The van der Waals surface area contributed by atoms with Crippen molar-refractivity contribution in [2.75, 3.05) is 13.7 Å². The summed E-state index contributed by atoms with van der Waals surface area (Å²) in [5, 5.41) is 11.2. The van der Waals surface area contributed by atoms with Crippen LogP contribution in [0.2, 0.25) is 19.6 Å². The molecule has 0 unspecified atom stereocenters. The van der Waals surface area contributed by atoms with Crippen LogP contribution in [0, 0.1) is 23.2 Å². The quantitative estimate of drug-likeness (QED) is 0.508. The summed E-state index contributed by atoms with van der Waals surface area (Å²) < 4.78 is 12.5. The van der Waals surface area contributed by atoms with Gasteiger partial charge in [0.05, 0.1) is 6.61 Å². The maximum atomic E-state index is 13.4. The molecule has 5 heteroatoms. The molecule has 3 aliphatic rings. The van der Waals surface area contributed by atoms with Gasteiger partial charge in [-0.25, -0.2) is 0 Å². The average Bonchev–Trinajstić information content (AvgIpc) is 3.10. The van der Waals surface area contributed by atoms with Gasteiger partial charge in [0, 0.05) is 18.4 Å². The van der Waals surface area contributed by atoms with Gasteiger partial charge in [0.1, 0.15) is 11.7 Å². The summed E-state index contributed by atoms with van der Waals surface area (Å²) in [6.45, 7) is 15.7. The van der Waals surface area contributed by atoms with Crippen molar-refractivity contribution in [3.63, 3.8) is 0 Å². The molecule has 0 radical (unpaired) electrons. The largest absolute Gasteiger partial charge is 0.406 e. The van der Waals surface area contributed by atoms with E-state index in [9.17, 15) is 9.90 Å². The maximum Gasteiger partial charge on any atom is 0.185 e. The van der Waals surface area contributed by atoms with E-state index in [2.05, 4.69) is 46.5 Å². The SMILES string of the molecule is COC[C@@]1(O[Si](C)(C)C)CC[C@@H]2/C1=C\[C@@]1(C)CCC(C(C)C)=C1[C@H](O)C(=O)[C@@H]2C. The molecule has 164 valence electrons. The van der Waals surface area contributed by atoms with Gasteiger partial charge < -0.3 is 14.3 Å². The number of allylic oxidation sites excluding steroid dienone is 2. The number of aliphatic hydroxyl groups excluding tert-OH is 1. The number of rotatable bonds is 5. The smallest absolute Gasteiger partial charge is 0.185 e. The molecular formula is C24H40O4Si. The molecule has 29 heavy (non-hydrogen) atoms. The molecule has 4 nitrogen and oxygen atoms in total. The van der Waals surface area contributed by atoms with Gasteiger partial charge in [-0.15, -0.1) is 0 Å². The van der Waals surface area contributed by atoms with Crippen LogP contribution in [0.4, 0.5) is 0 Å². The standard InChI is InChI=1S/C24H40O4Si/c1-15(2)17-9-11-23(4)13-19-18(16(3)21(25)22(26)20(17)23)10-12-24(19,14-27-5)28-29(6,7)8/h13,15-16,18,22,26H,9-12,14H2,1-8H3/b19-13+/t16-,18+,22+,23-,24+/m1/s1. The van der Waals surface area contributed by atoms with Crippen LogP contribution in [0.5, 0.6) is 0 Å². The first-order valence-corrected chi connectivity index (χ1v) is 14.6. The maximum absolute atomic E-state index is 13.4. The first-order chi connectivity index (χ1) is 13.4. The normalized spacial score (nSPS) is 39.9. The number of methoxy groups -OCH3 is 1. The second-order valence-electron chi connectivity index (χ2n) is 11.0. The molecule has 0 aromatic carbocycles. The summed E-state index contributed by atoms with van der Waals surface area (Å²) >= 11 is 0. The number of carbonyl (C=O) groups is 1. The number of hydrogen-bond acceptors (Lipinski definition) is 4. The molecule has 1 fully saturated rings. The van der Waals surface area contributed by atoms with Crippen molar-refractivity contribution < 1.29 is 19.1 Å². The average molecular weight is 421 g/mol. The van der Waals surface area contributed by atoms with E-state index in [4.69, 9.17) is 9.16 Å². The topological polar surface area (TPSA) is 55.8 Å². The van der Waals surface area contributed by atoms with Crippen molar-refractivity contribution in [2.45, 2.75) is 84.7 Å². The van der Waals surface area contributed by atoms with Gasteiger partial charge in [-0.1, -0.05) is 39.3 Å². The van der Waals surface area contributed by atoms with Gasteiger partial charge in [0.2, 0.25) is 0 Å². The number of Topliss-reactive ketones (excluding diaryl/α,β-unsaturated/α-hetero) is 1. The summed E-state index contributed by atoms with van der Waals surface area (Å²) in [5.41, 5.74) is 2.72. The highest BCUT2D eigenvalue weighted by atomic mass is 28.4. The fourth-order valence-electron chi connectivity index (χ4n) is 6.10. The molecule has 0 amide bonds. The number of fused-ring (bicyclic) bond motifs is 2. The van der Waals surface area contributed by atoms with E-state index in [0.717, 1.165) is 31.3 Å². The summed E-state index contributed by atoms with van der Waals surface area (Å²) in [6, 6.07) is 0. The van der Waals surface area contributed by atoms with Gasteiger partial charge in [0.25, 0.3) is 0 Å². The Kier molecular flexibility index (Phi) is 6.12. The van der Waals surface area contributed by atoms with Crippen LogP contribution in [0.3, 0.4) is 0 Å². The van der Waals surface area contributed by atoms with Crippen molar-refractivity contribution in [1.29, 1.82) is 0 Å². The molecule has 0 saturated heterocycles. The Balaban J connectivity index is 2.22. The van der Waals surface area contributed by atoms with Gasteiger partial charge in [-0.3, -0.25) is 4.79 Å². The third kappa shape index (κ3) is 3.96. The molecule has 0 aromatic rings. The third-order valence-electron chi connectivity index (χ3n) is 7.30. The van der Waals surface area contributed by atoms with E-state index in [0.29, 0.717) is 12.5 Å². The number of ketones is 1. The summed E-state index contributed by atoms with van der Waals surface area (Å²) in [7, 11) is -0.106. The molecular weight excluding hydrogens is 380 g/mol. The molecule has 0 aliphatic heterocycles. The zero-order valence-electron chi connectivity index (χ0n) is 19.6. The predicted octanol–water partition coefficient (Wildman–Crippen LogP) is 4.89. The minimum Gasteiger partial charge on any atom is -0.406 e. The Morgan fingerprint density at radius 1 is 1.28 bits per heavy atom. The monoisotopic (exact) mass is 420 g/mol. The molecule has 0 spiro atoms. The highest BCUT2D eigenvalue weighted by Crippen LogP contribution is 2.56. The number of hydrogen-bond donors (Lipinski definition) is 1. The Labute approximate surface area is 177 Å². The summed E-state index contributed by atoms with van der Waals surface area (Å²) in [6.07, 6.45) is 5.08. The van der Waals surface area contributed by atoms with Crippen LogP contribution < -0.4 is 0 Å². The Morgan fingerprint density at radius 2 is 1.93 bits per heavy atom. The third-order valence-corrected chi connectivity index (χ3v) is 8.31. The van der Waals surface area contributed by atoms with Crippen LogP contribution in [-0.2, 0) is 14.0 Å². The molecule has 0 aromatic heterocycles. The predicted molar refractivity (Wildman–Crippen MR) is 119 cm³/mol. The lowest BCUT2D eigenvalue weighted by Crippen LogP contribution is -2.48. The molecule has 5 atom stereocenters. The lowest BCUT2D eigenvalue weighted by Gasteiger charge is -2.42. The summed E-state index contributed by atoms with van der Waals surface area (Å²) in [5.74, 6) is 0.211. The van der Waals surface area contributed by atoms with E-state index in [1.165, 1.54) is 11.1 Å². The van der Waals surface area contributed by atoms with Crippen molar-refractivity contribution in [3.8, 4) is 0 Å². The van der Waals surface area contributed by atoms with Crippen LogP contribution in [0.1, 0.15) is 53.4 Å². The minimum absolute atomic E-state index is 0.0249. The van der Waals surface area contributed by atoms with E-state index in [1.54, 1.807) is 7.11 Å². The number of ether oxygens (including phenoxy) is 1. The lowest BCUT2D eigenvalue weighted by molar-refractivity contribution is -0.130. The van der Waals surface area contributed by atoms with E-state index in [1.807, 2.05) is 6.92 Å². The van der Waals surface area contributed by atoms with E-state index in [-0.39, 0.29) is 23.0 Å². The first kappa shape index (κ1) is 22.9. The Hall–Kier alpha value is -0.753. The van der Waals surface area contributed by atoms with Crippen molar-refractivity contribution in [1.82, 2.24) is 0 Å². The van der Waals surface area contributed by atoms with Gasteiger partial charge in [-0.05, 0) is 68.3 Å². The van der Waals surface area contributed by atoms with E-state index < -0.39 is 20.0 Å². The Bertz CT molecular complexity index is 732. The fourth-order valence-corrected chi connectivity index (χ4v) is 7.55. The van der Waals surface area contributed by atoms with Crippen molar-refractivity contribution >= 4 is 14.1 Å². The second-order valence-corrected chi connectivity index (χ2v) is 15.4. The number of aliphatic hydroxyl groups is 1. The molecule has 1 N–H and O–H groups in total. The lowest BCUT2D eigenvalue weighted by atomic mass is 9.69. The van der Waals surface area contributed by atoms with Crippen LogP contribution in [-0.4, -0.2) is 44.6 Å². The van der Waals surface area contributed by atoms with Crippen LogP contribution in [0.15, 0.2) is 22.8 Å². The fraction of sp³-hybridized carbons (Fsp3) is 0.792. The molecule has 3 aliphatic carbocycles. The van der Waals surface area contributed by atoms with Crippen LogP contribution in [0.25, 0.3) is 0 Å². The van der Waals surface area contributed by atoms with Crippen LogP contribution >= 0.6 is 0 Å². The molecule has 3 rings (SSSR count). The molecule has 1 saturated carbocycles. The minimum atomic E-state index is -1.85. The first-order valence-electron chi connectivity index (χ1n) is 11.2. The van der Waals surface area contributed by atoms with Gasteiger partial charge in [0.15, 0.2) is 14.1 Å². The molecule has 0 bridgehead atoms.